The van der Waals surface area contributed by atoms with Gasteiger partial charge in [-0.2, -0.15) is 13.2 Å². The molecular formula is C11H4ClF3O3. The predicted octanol–water partition coefficient (Wildman–Crippen LogP) is 3.19. The van der Waals surface area contributed by atoms with Gasteiger partial charge in [0.05, 0.1) is 5.39 Å². The average molecular weight is 277 g/mol. The number of ketones is 1. The van der Waals surface area contributed by atoms with E-state index in [-0.39, 0.29) is 16.0 Å². The Bertz CT molecular complexity index is 688. The Labute approximate surface area is 103 Å². The number of hydrogen-bond donors (Lipinski definition) is 0. The van der Waals surface area contributed by atoms with Gasteiger partial charge < -0.3 is 4.42 Å². The summed E-state index contributed by atoms with van der Waals surface area (Å²) in [7, 11) is 0. The second-order valence-corrected chi connectivity index (χ2v) is 3.88. The van der Waals surface area contributed by atoms with Crippen molar-refractivity contribution in [2.75, 3.05) is 0 Å². The molecule has 0 amide bonds. The van der Waals surface area contributed by atoms with Gasteiger partial charge in [0.15, 0.2) is 0 Å². The van der Waals surface area contributed by atoms with Crippen molar-refractivity contribution in [2.45, 2.75) is 6.18 Å². The number of carbonyl (C=O) groups excluding carboxylic acids is 1. The lowest BCUT2D eigenvalue weighted by Gasteiger charge is -2.05. The molecule has 0 spiro atoms. The van der Waals surface area contributed by atoms with Gasteiger partial charge in [0.25, 0.3) is 5.78 Å². The van der Waals surface area contributed by atoms with Crippen LogP contribution in [0.3, 0.4) is 0 Å². The third kappa shape index (κ3) is 2.11. The van der Waals surface area contributed by atoms with Crippen LogP contribution in [0.1, 0.15) is 10.4 Å². The molecular weight excluding hydrogens is 273 g/mol. The van der Waals surface area contributed by atoms with Crippen molar-refractivity contribution in [3.05, 3.63) is 45.3 Å². The molecule has 0 atom stereocenters. The molecule has 0 aliphatic carbocycles. The van der Waals surface area contributed by atoms with Gasteiger partial charge in [-0.3, -0.25) is 9.59 Å². The summed E-state index contributed by atoms with van der Waals surface area (Å²) in [6.07, 6.45) is -4.62. The first-order valence-electron chi connectivity index (χ1n) is 4.63. The quantitative estimate of drug-likeness (QED) is 0.752. The lowest BCUT2D eigenvalue weighted by Crippen LogP contribution is -2.28. The molecule has 0 N–H and O–H groups in total. The maximum absolute atomic E-state index is 12.2. The molecule has 0 saturated carbocycles. The fourth-order valence-electron chi connectivity index (χ4n) is 1.41. The zero-order valence-corrected chi connectivity index (χ0v) is 9.30. The van der Waals surface area contributed by atoms with E-state index in [9.17, 15) is 22.8 Å². The Hall–Kier alpha value is -1.82. The summed E-state index contributed by atoms with van der Waals surface area (Å²) in [5, 5.41) is -0.0102. The number of Topliss-reactive ketones (excluding diaryl/α,β-unsaturated/α-hetero) is 1. The minimum absolute atomic E-state index is 0.0584. The van der Waals surface area contributed by atoms with Crippen LogP contribution in [-0.4, -0.2) is 12.0 Å². The summed E-state index contributed by atoms with van der Waals surface area (Å²) < 4.78 is 41.5. The SMILES string of the molecule is O=C(c1coc2ccc(Cl)cc2c1=O)C(F)(F)F. The molecule has 2 aromatic rings. The Morgan fingerprint density at radius 2 is 1.94 bits per heavy atom. The summed E-state index contributed by atoms with van der Waals surface area (Å²) in [5.41, 5.74) is -2.05. The van der Waals surface area contributed by atoms with Crippen molar-refractivity contribution in [1.29, 1.82) is 0 Å². The first-order chi connectivity index (χ1) is 8.30. The minimum Gasteiger partial charge on any atom is -0.463 e. The van der Waals surface area contributed by atoms with E-state index >= 15 is 0 Å². The molecule has 7 heteroatoms. The third-order valence-electron chi connectivity index (χ3n) is 2.24. The predicted molar refractivity (Wildman–Crippen MR) is 57.9 cm³/mol. The largest absolute Gasteiger partial charge is 0.463 e. The Morgan fingerprint density at radius 3 is 2.56 bits per heavy atom. The number of rotatable bonds is 1. The molecule has 0 radical (unpaired) electrons. The normalized spacial score (nSPS) is 11.8. The molecule has 94 valence electrons. The Kier molecular flexibility index (Phi) is 2.90. The number of halogens is 4. The molecule has 0 fully saturated rings. The molecule has 0 aliphatic rings. The fourth-order valence-corrected chi connectivity index (χ4v) is 1.58. The molecule has 3 nitrogen and oxygen atoms in total. The van der Waals surface area contributed by atoms with E-state index in [1.807, 2.05) is 0 Å². The summed E-state index contributed by atoms with van der Waals surface area (Å²) in [5.74, 6) is -2.24. The maximum Gasteiger partial charge on any atom is 0.455 e. The molecule has 18 heavy (non-hydrogen) atoms. The van der Waals surface area contributed by atoms with Crippen LogP contribution in [0, 0.1) is 0 Å². The van der Waals surface area contributed by atoms with E-state index in [1.54, 1.807) is 0 Å². The van der Waals surface area contributed by atoms with E-state index in [0.717, 1.165) is 6.07 Å². The van der Waals surface area contributed by atoms with Crippen LogP contribution in [0.5, 0.6) is 0 Å². The summed E-state index contributed by atoms with van der Waals surface area (Å²) in [6, 6.07) is 3.90. The zero-order valence-electron chi connectivity index (χ0n) is 8.55. The second-order valence-electron chi connectivity index (χ2n) is 3.45. The zero-order chi connectivity index (χ0) is 13.5. The Morgan fingerprint density at radius 1 is 1.28 bits per heavy atom. The average Bonchev–Trinajstić information content (AvgIpc) is 2.28. The Balaban J connectivity index is 2.72. The minimum atomic E-state index is -5.12. The molecule has 0 saturated heterocycles. The fraction of sp³-hybridized carbons (Fsp3) is 0.0909. The van der Waals surface area contributed by atoms with E-state index in [2.05, 4.69) is 0 Å². The highest BCUT2D eigenvalue weighted by molar-refractivity contribution is 6.31. The second kappa shape index (κ2) is 4.13. The van der Waals surface area contributed by atoms with Crippen LogP contribution in [0.4, 0.5) is 13.2 Å². The number of carbonyl (C=O) groups is 1. The van der Waals surface area contributed by atoms with E-state index < -0.39 is 23.0 Å². The molecule has 1 heterocycles. The van der Waals surface area contributed by atoms with Crippen LogP contribution < -0.4 is 5.43 Å². The van der Waals surface area contributed by atoms with Crippen molar-refractivity contribution >= 4 is 28.4 Å². The molecule has 2 rings (SSSR count). The number of benzene rings is 1. The standard InChI is InChI=1S/C11H4ClF3O3/c12-5-1-2-8-6(3-5)9(16)7(4-18-8)10(17)11(13,14)15/h1-4H. The molecule has 0 aliphatic heterocycles. The molecule has 0 bridgehead atoms. The van der Waals surface area contributed by atoms with Crippen LogP contribution >= 0.6 is 11.6 Å². The van der Waals surface area contributed by atoms with E-state index in [0.29, 0.717) is 6.26 Å². The van der Waals surface area contributed by atoms with Crippen LogP contribution in [0.2, 0.25) is 5.02 Å². The van der Waals surface area contributed by atoms with Crippen LogP contribution in [0.25, 0.3) is 11.0 Å². The van der Waals surface area contributed by atoms with Gasteiger partial charge in [-0.25, -0.2) is 0 Å². The van der Waals surface area contributed by atoms with Crippen molar-refractivity contribution in [2.24, 2.45) is 0 Å². The van der Waals surface area contributed by atoms with Gasteiger partial charge in [0, 0.05) is 5.02 Å². The van der Waals surface area contributed by atoms with Crippen molar-refractivity contribution in [3.8, 4) is 0 Å². The van der Waals surface area contributed by atoms with Gasteiger partial charge in [0.1, 0.15) is 17.4 Å². The number of fused-ring (bicyclic) bond motifs is 1. The van der Waals surface area contributed by atoms with Crippen LogP contribution in [-0.2, 0) is 0 Å². The lowest BCUT2D eigenvalue weighted by molar-refractivity contribution is -0.0886. The smallest absolute Gasteiger partial charge is 0.455 e. The highest BCUT2D eigenvalue weighted by Gasteiger charge is 2.41. The van der Waals surface area contributed by atoms with Gasteiger partial charge in [0.2, 0.25) is 5.43 Å². The number of alkyl halides is 3. The van der Waals surface area contributed by atoms with Crippen molar-refractivity contribution in [3.63, 3.8) is 0 Å². The lowest BCUT2D eigenvalue weighted by atomic mass is 10.1. The summed E-state index contributed by atoms with van der Waals surface area (Å²) in [6.45, 7) is 0. The molecule has 0 unspecified atom stereocenters. The topological polar surface area (TPSA) is 47.3 Å². The van der Waals surface area contributed by atoms with Gasteiger partial charge in [-0.05, 0) is 18.2 Å². The highest BCUT2D eigenvalue weighted by atomic mass is 35.5. The molecule has 1 aromatic carbocycles. The highest BCUT2D eigenvalue weighted by Crippen LogP contribution is 2.22. The van der Waals surface area contributed by atoms with Gasteiger partial charge in [-0.15, -0.1) is 0 Å². The summed E-state index contributed by atoms with van der Waals surface area (Å²) in [4.78, 5) is 22.7. The van der Waals surface area contributed by atoms with E-state index in [1.165, 1.54) is 12.1 Å². The van der Waals surface area contributed by atoms with Crippen molar-refractivity contribution in [1.82, 2.24) is 0 Å². The summed E-state index contributed by atoms with van der Waals surface area (Å²) >= 11 is 5.62. The first kappa shape index (κ1) is 12.6. The molecule has 1 aromatic heterocycles. The number of hydrogen-bond acceptors (Lipinski definition) is 3. The third-order valence-corrected chi connectivity index (χ3v) is 2.47. The van der Waals surface area contributed by atoms with Gasteiger partial charge >= 0.3 is 6.18 Å². The monoisotopic (exact) mass is 276 g/mol. The van der Waals surface area contributed by atoms with Crippen LogP contribution in [0.15, 0.2) is 33.7 Å². The first-order valence-corrected chi connectivity index (χ1v) is 5.01. The van der Waals surface area contributed by atoms with Crippen molar-refractivity contribution < 1.29 is 22.4 Å². The van der Waals surface area contributed by atoms with E-state index in [4.69, 9.17) is 16.0 Å². The van der Waals surface area contributed by atoms with Gasteiger partial charge in [-0.1, -0.05) is 11.6 Å². The maximum atomic E-state index is 12.2.